The lowest BCUT2D eigenvalue weighted by molar-refractivity contribution is 0.182. The van der Waals surface area contributed by atoms with Gasteiger partial charge in [0.1, 0.15) is 17.7 Å². The number of fused-ring (bicyclic) bond motifs is 1. The van der Waals surface area contributed by atoms with Gasteiger partial charge >= 0.3 is 0 Å². The molecular formula is C17H14FNO. The summed E-state index contributed by atoms with van der Waals surface area (Å²) < 4.78 is 19.3. The predicted molar refractivity (Wildman–Crippen MR) is 73.9 cm³/mol. The Balaban J connectivity index is 1.89. The van der Waals surface area contributed by atoms with Crippen molar-refractivity contribution in [2.75, 3.05) is 0 Å². The quantitative estimate of drug-likeness (QED) is 0.818. The zero-order valence-electron chi connectivity index (χ0n) is 11.0. The number of benzene rings is 2. The number of halogens is 1. The van der Waals surface area contributed by atoms with E-state index in [4.69, 9.17) is 10.00 Å². The Labute approximate surface area is 117 Å². The summed E-state index contributed by atoms with van der Waals surface area (Å²) in [4.78, 5) is 0. The largest absolute Gasteiger partial charge is 0.486 e. The molecule has 100 valence electrons. The maximum Gasteiger partial charge on any atom is 0.128 e. The molecule has 2 aromatic carbocycles. The molecule has 0 bridgehead atoms. The molecule has 0 spiro atoms. The van der Waals surface area contributed by atoms with E-state index in [0.29, 0.717) is 5.75 Å². The third-order valence-electron chi connectivity index (χ3n) is 3.59. The van der Waals surface area contributed by atoms with Crippen LogP contribution in [0.1, 0.15) is 35.6 Å². The second kappa shape index (κ2) is 5.34. The molecule has 0 aliphatic heterocycles. The SMILES string of the molecule is N#Cc1cc(F)cc(OC2CCCc3ccccc32)c1. The maximum absolute atomic E-state index is 13.4. The molecule has 0 radical (unpaired) electrons. The fraction of sp³-hybridized carbons (Fsp3) is 0.235. The highest BCUT2D eigenvalue weighted by atomic mass is 19.1. The highest BCUT2D eigenvalue weighted by Gasteiger charge is 2.21. The average Bonchev–Trinajstić information content (AvgIpc) is 2.47. The van der Waals surface area contributed by atoms with Crippen molar-refractivity contribution < 1.29 is 9.13 Å². The molecule has 1 atom stereocenters. The minimum Gasteiger partial charge on any atom is -0.486 e. The smallest absolute Gasteiger partial charge is 0.128 e. The van der Waals surface area contributed by atoms with Crippen molar-refractivity contribution in [3.8, 4) is 11.8 Å². The van der Waals surface area contributed by atoms with Gasteiger partial charge in [-0.2, -0.15) is 5.26 Å². The lowest BCUT2D eigenvalue weighted by Crippen LogP contribution is -2.15. The van der Waals surface area contributed by atoms with Crippen LogP contribution >= 0.6 is 0 Å². The van der Waals surface area contributed by atoms with Crippen LogP contribution in [0, 0.1) is 17.1 Å². The molecule has 1 unspecified atom stereocenters. The zero-order chi connectivity index (χ0) is 13.9. The van der Waals surface area contributed by atoms with Gasteiger partial charge in [-0.1, -0.05) is 24.3 Å². The molecule has 0 N–H and O–H groups in total. The predicted octanol–water partition coefficient (Wildman–Crippen LogP) is 4.15. The summed E-state index contributed by atoms with van der Waals surface area (Å²) in [7, 11) is 0. The van der Waals surface area contributed by atoms with Crippen molar-refractivity contribution in [2.24, 2.45) is 0 Å². The lowest BCUT2D eigenvalue weighted by atomic mass is 9.89. The summed E-state index contributed by atoms with van der Waals surface area (Å²) in [5.41, 5.74) is 2.74. The van der Waals surface area contributed by atoms with E-state index in [0.717, 1.165) is 19.3 Å². The van der Waals surface area contributed by atoms with Gasteiger partial charge in [0.25, 0.3) is 0 Å². The van der Waals surface area contributed by atoms with E-state index in [9.17, 15) is 4.39 Å². The molecule has 0 aromatic heterocycles. The van der Waals surface area contributed by atoms with E-state index >= 15 is 0 Å². The van der Waals surface area contributed by atoms with Gasteiger partial charge in [-0.15, -0.1) is 0 Å². The van der Waals surface area contributed by atoms with E-state index in [1.165, 1.54) is 23.3 Å². The zero-order valence-corrected chi connectivity index (χ0v) is 11.0. The molecule has 1 aliphatic carbocycles. The number of nitriles is 1. The normalized spacial score (nSPS) is 17.1. The standard InChI is InChI=1S/C17H14FNO/c18-14-8-12(11-19)9-15(10-14)20-17-7-3-5-13-4-1-2-6-16(13)17/h1-2,4,6,8-10,17H,3,5,7H2. The first kappa shape index (κ1) is 12.7. The van der Waals surface area contributed by atoms with Crippen molar-refractivity contribution in [1.29, 1.82) is 5.26 Å². The van der Waals surface area contributed by atoms with Crippen molar-refractivity contribution in [3.63, 3.8) is 0 Å². The summed E-state index contributed by atoms with van der Waals surface area (Å²) in [5.74, 6) is -0.0219. The average molecular weight is 267 g/mol. The number of nitrogens with zero attached hydrogens (tertiary/aromatic N) is 1. The first-order chi connectivity index (χ1) is 9.76. The minimum absolute atomic E-state index is 0.0618. The van der Waals surface area contributed by atoms with Crippen molar-refractivity contribution in [2.45, 2.75) is 25.4 Å². The maximum atomic E-state index is 13.4. The van der Waals surface area contributed by atoms with E-state index in [1.807, 2.05) is 18.2 Å². The molecule has 20 heavy (non-hydrogen) atoms. The molecule has 3 rings (SSSR count). The highest BCUT2D eigenvalue weighted by Crippen LogP contribution is 2.33. The molecular weight excluding hydrogens is 253 g/mol. The van der Waals surface area contributed by atoms with E-state index in [2.05, 4.69) is 12.1 Å². The fourth-order valence-corrected chi connectivity index (χ4v) is 2.69. The number of ether oxygens (including phenoxy) is 1. The van der Waals surface area contributed by atoms with Crippen LogP contribution in [0.25, 0.3) is 0 Å². The third-order valence-corrected chi connectivity index (χ3v) is 3.59. The fourth-order valence-electron chi connectivity index (χ4n) is 2.69. The lowest BCUT2D eigenvalue weighted by Gasteiger charge is -2.26. The third kappa shape index (κ3) is 2.50. The Morgan fingerprint density at radius 2 is 2.05 bits per heavy atom. The van der Waals surface area contributed by atoms with Gasteiger partial charge in [-0.25, -0.2) is 4.39 Å². The highest BCUT2D eigenvalue weighted by molar-refractivity contribution is 5.38. The molecule has 3 heteroatoms. The molecule has 1 aliphatic rings. The Hall–Kier alpha value is -2.34. The Morgan fingerprint density at radius 3 is 2.90 bits per heavy atom. The van der Waals surface area contributed by atoms with E-state index in [-0.39, 0.29) is 11.7 Å². The number of rotatable bonds is 2. The van der Waals surface area contributed by atoms with Gasteiger partial charge in [0.15, 0.2) is 0 Å². The van der Waals surface area contributed by atoms with Crippen molar-refractivity contribution in [1.82, 2.24) is 0 Å². The summed E-state index contributed by atoms with van der Waals surface area (Å²) in [6, 6.07) is 14.3. The molecule has 2 aromatic rings. The van der Waals surface area contributed by atoms with Gasteiger partial charge in [-0.05, 0) is 42.5 Å². The molecule has 0 heterocycles. The number of hydrogen-bond donors (Lipinski definition) is 0. The monoisotopic (exact) mass is 267 g/mol. The summed E-state index contributed by atoms with van der Waals surface area (Å²) in [5, 5.41) is 8.88. The first-order valence-electron chi connectivity index (χ1n) is 6.71. The van der Waals surface area contributed by atoms with Crippen LogP contribution < -0.4 is 4.74 Å². The van der Waals surface area contributed by atoms with Crippen LogP contribution in [0.3, 0.4) is 0 Å². The van der Waals surface area contributed by atoms with Crippen LogP contribution in [0.5, 0.6) is 5.75 Å². The number of aryl methyl sites for hydroxylation is 1. The molecule has 0 saturated carbocycles. The molecule has 0 fully saturated rings. The van der Waals surface area contributed by atoms with Crippen LogP contribution in [0.15, 0.2) is 42.5 Å². The summed E-state index contributed by atoms with van der Waals surface area (Å²) in [6.07, 6.45) is 2.97. The van der Waals surface area contributed by atoms with Gasteiger partial charge in [0.2, 0.25) is 0 Å². The second-order valence-electron chi connectivity index (χ2n) is 4.98. The minimum atomic E-state index is -0.442. The van der Waals surface area contributed by atoms with Gasteiger partial charge in [0.05, 0.1) is 11.6 Å². The topological polar surface area (TPSA) is 33.0 Å². The summed E-state index contributed by atoms with van der Waals surface area (Å²) >= 11 is 0. The van der Waals surface area contributed by atoms with Gasteiger partial charge < -0.3 is 4.74 Å². The molecule has 2 nitrogen and oxygen atoms in total. The second-order valence-corrected chi connectivity index (χ2v) is 4.98. The van der Waals surface area contributed by atoms with E-state index in [1.54, 1.807) is 6.07 Å². The molecule has 0 saturated heterocycles. The molecule has 0 amide bonds. The summed E-state index contributed by atoms with van der Waals surface area (Å²) in [6.45, 7) is 0. The van der Waals surface area contributed by atoms with Crippen LogP contribution in [-0.2, 0) is 6.42 Å². The van der Waals surface area contributed by atoms with Gasteiger partial charge in [-0.3, -0.25) is 0 Å². The Kier molecular flexibility index (Phi) is 3.39. The van der Waals surface area contributed by atoms with Crippen LogP contribution in [0.2, 0.25) is 0 Å². The first-order valence-corrected chi connectivity index (χ1v) is 6.71. The van der Waals surface area contributed by atoms with Crippen molar-refractivity contribution >= 4 is 0 Å². The van der Waals surface area contributed by atoms with Crippen molar-refractivity contribution in [3.05, 3.63) is 65.0 Å². The van der Waals surface area contributed by atoms with Crippen LogP contribution in [0.4, 0.5) is 4.39 Å². The number of hydrogen-bond acceptors (Lipinski definition) is 2. The van der Waals surface area contributed by atoms with E-state index < -0.39 is 5.82 Å². The Morgan fingerprint density at radius 1 is 1.20 bits per heavy atom. The Bertz CT molecular complexity index is 675. The van der Waals surface area contributed by atoms with Gasteiger partial charge in [0, 0.05) is 6.07 Å². The van der Waals surface area contributed by atoms with Crippen LogP contribution in [-0.4, -0.2) is 0 Å².